The summed E-state index contributed by atoms with van der Waals surface area (Å²) in [5.41, 5.74) is 8.26. The van der Waals surface area contributed by atoms with Crippen LogP contribution < -0.4 is 5.73 Å². The molecule has 0 saturated heterocycles. The van der Waals surface area contributed by atoms with Crippen LogP contribution in [0.5, 0.6) is 0 Å². The first-order valence-electron chi connectivity index (χ1n) is 4.05. The minimum Gasteiger partial charge on any atom is -0.384 e. The Morgan fingerprint density at radius 2 is 1.82 bits per heavy atom. The van der Waals surface area contributed by atoms with E-state index < -0.39 is 0 Å². The lowest BCUT2D eigenvalue weighted by molar-refractivity contribution is 0.543. The first kappa shape index (κ1) is 8.31. The topological polar surface area (TPSA) is 38.4 Å². The molecule has 0 bridgehead atoms. The number of aliphatic imine (C=N–C) groups is 1. The zero-order chi connectivity index (χ0) is 8.59. The summed E-state index contributed by atoms with van der Waals surface area (Å²) in [6, 6.07) is 0.346. The van der Waals surface area contributed by atoms with Gasteiger partial charge in [0.1, 0.15) is 5.84 Å². The summed E-state index contributed by atoms with van der Waals surface area (Å²) in [4.78, 5) is 4.33. The van der Waals surface area contributed by atoms with Crippen molar-refractivity contribution in [3.63, 3.8) is 0 Å². The molecule has 0 aliphatic carbocycles. The van der Waals surface area contributed by atoms with Crippen LogP contribution in [-0.4, -0.2) is 11.9 Å². The first-order valence-corrected chi connectivity index (χ1v) is 4.05. The van der Waals surface area contributed by atoms with Crippen molar-refractivity contribution in [3.05, 3.63) is 11.1 Å². The predicted octanol–water partition coefficient (Wildman–Crippen LogP) is 1.72. The van der Waals surface area contributed by atoms with E-state index >= 15 is 0 Å². The molecule has 0 amide bonds. The van der Waals surface area contributed by atoms with Crippen molar-refractivity contribution in [3.8, 4) is 0 Å². The van der Waals surface area contributed by atoms with Crippen LogP contribution in [0.1, 0.15) is 27.7 Å². The van der Waals surface area contributed by atoms with Crippen LogP contribution in [0.2, 0.25) is 0 Å². The molecule has 1 heterocycles. The van der Waals surface area contributed by atoms with E-state index in [2.05, 4.69) is 25.8 Å². The summed E-state index contributed by atoms with van der Waals surface area (Å²) in [7, 11) is 0. The molecule has 0 fully saturated rings. The first-order chi connectivity index (χ1) is 5.04. The highest BCUT2D eigenvalue weighted by Crippen LogP contribution is 2.24. The molecule has 62 valence electrons. The number of hydrogen-bond donors (Lipinski definition) is 1. The lowest BCUT2D eigenvalue weighted by Gasteiger charge is -2.25. The van der Waals surface area contributed by atoms with Crippen LogP contribution in [-0.2, 0) is 0 Å². The van der Waals surface area contributed by atoms with E-state index in [1.54, 1.807) is 0 Å². The average Bonchev–Trinajstić information content (AvgIpc) is 1.97. The van der Waals surface area contributed by atoms with Crippen molar-refractivity contribution in [2.45, 2.75) is 33.7 Å². The van der Waals surface area contributed by atoms with Crippen LogP contribution in [0.3, 0.4) is 0 Å². The van der Waals surface area contributed by atoms with Gasteiger partial charge in [0.25, 0.3) is 0 Å². The number of amidine groups is 1. The van der Waals surface area contributed by atoms with Gasteiger partial charge in [0.05, 0.1) is 6.04 Å². The molecule has 1 aliphatic heterocycles. The second-order valence-electron chi connectivity index (χ2n) is 3.35. The Morgan fingerprint density at radius 3 is 2.36 bits per heavy atom. The van der Waals surface area contributed by atoms with E-state index in [-0.39, 0.29) is 0 Å². The van der Waals surface area contributed by atoms with E-state index in [1.165, 1.54) is 5.57 Å². The molecular weight excluding hydrogens is 136 g/mol. The van der Waals surface area contributed by atoms with Gasteiger partial charge in [-0.3, -0.25) is 4.99 Å². The number of hydrogen-bond acceptors (Lipinski definition) is 2. The third-order valence-corrected chi connectivity index (χ3v) is 2.73. The fourth-order valence-corrected chi connectivity index (χ4v) is 1.33. The Hall–Kier alpha value is -0.790. The van der Waals surface area contributed by atoms with Crippen molar-refractivity contribution >= 4 is 5.84 Å². The van der Waals surface area contributed by atoms with Crippen LogP contribution in [0.4, 0.5) is 0 Å². The maximum absolute atomic E-state index is 5.71. The van der Waals surface area contributed by atoms with E-state index in [0.717, 1.165) is 5.57 Å². The number of rotatable bonds is 0. The van der Waals surface area contributed by atoms with Gasteiger partial charge in [0, 0.05) is 0 Å². The van der Waals surface area contributed by atoms with Gasteiger partial charge >= 0.3 is 0 Å². The van der Waals surface area contributed by atoms with E-state index in [0.29, 0.717) is 17.8 Å². The van der Waals surface area contributed by atoms with Gasteiger partial charge in [-0.15, -0.1) is 0 Å². The Balaban J connectivity index is 3.02. The average molecular weight is 152 g/mol. The predicted molar refractivity (Wildman–Crippen MR) is 48.6 cm³/mol. The summed E-state index contributed by atoms with van der Waals surface area (Å²) >= 11 is 0. The smallest absolute Gasteiger partial charge is 0.121 e. The van der Waals surface area contributed by atoms with E-state index in [1.807, 2.05) is 6.92 Å². The molecule has 0 spiro atoms. The van der Waals surface area contributed by atoms with Crippen LogP contribution in [0, 0.1) is 5.92 Å². The van der Waals surface area contributed by atoms with Crippen molar-refractivity contribution in [2.75, 3.05) is 0 Å². The van der Waals surface area contributed by atoms with Crippen LogP contribution in [0.25, 0.3) is 0 Å². The summed E-state index contributed by atoms with van der Waals surface area (Å²) in [6.45, 7) is 8.47. The zero-order valence-electron chi connectivity index (χ0n) is 7.68. The Morgan fingerprint density at radius 1 is 1.27 bits per heavy atom. The summed E-state index contributed by atoms with van der Waals surface area (Å²) in [5.74, 6) is 1.26. The summed E-state index contributed by atoms with van der Waals surface area (Å²) in [5, 5.41) is 0. The number of nitrogens with zero attached hydrogens (tertiary/aromatic N) is 1. The fraction of sp³-hybridized carbons (Fsp3) is 0.667. The molecule has 11 heavy (non-hydrogen) atoms. The van der Waals surface area contributed by atoms with E-state index in [9.17, 15) is 0 Å². The lowest BCUT2D eigenvalue weighted by Crippen LogP contribution is -2.27. The number of dihydropyridines is 1. The molecule has 0 saturated carbocycles. The van der Waals surface area contributed by atoms with Crippen molar-refractivity contribution in [1.29, 1.82) is 0 Å². The van der Waals surface area contributed by atoms with E-state index in [4.69, 9.17) is 5.73 Å². The molecular formula is C9H16N2. The molecule has 2 atom stereocenters. The van der Waals surface area contributed by atoms with Gasteiger partial charge in [0.15, 0.2) is 0 Å². The third-order valence-electron chi connectivity index (χ3n) is 2.73. The highest BCUT2D eigenvalue weighted by Gasteiger charge is 2.20. The molecule has 2 nitrogen and oxygen atoms in total. The van der Waals surface area contributed by atoms with Gasteiger partial charge in [-0.25, -0.2) is 0 Å². The van der Waals surface area contributed by atoms with Crippen molar-refractivity contribution < 1.29 is 0 Å². The standard InChI is InChI=1S/C9H16N2/c1-5-6(2)8(4)11-9(10)7(5)3/h6,8H,1-4H3,(H2,10,11). The number of nitrogens with two attached hydrogens (primary N) is 1. The normalized spacial score (nSPS) is 32.2. The second-order valence-corrected chi connectivity index (χ2v) is 3.35. The molecule has 1 rings (SSSR count). The Bertz CT molecular complexity index is 226. The minimum atomic E-state index is 0.346. The third kappa shape index (κ3) is 1.30. The molecule has 1 aliphatic rings. The SMILES string of the molecule is CC1=C(C)C(C)C(C)N=C1N. The minimum absolute atomic E-state index is 0.346. The van der Waals surface area contributed by atoms with Gasteiger partial charge in [-0.2, -0.15) is 0 Å². The molecule has 0 radical (unpaired) electrons. The highest BCUT2D eigenvalue weighted by atomic mass is 14.9. The quantitative estimate of drug-likeness (QED) is 0.564. The molecule has 2 N–H and O–H groups in total. The summed E-state index contributed by atoms with van der Waals surface area (Å²) < 4.78 is 0. The maximum atomic E-state index is 5.71. The highest BCUT2D eigenvalue weighted by molar-refractivity contribution is 5.97. The zero-order valence-corrected chi connectivity index (χ0v) is 7.68. The summed E-state index contributed by atoms with van der Waals surface area (Å²) in [6.07, 6.45) is 0. The van der Waals surface area contributed by atoms with Gasteiger partial charge in [0.2, 0.25) is 0 Å². The Labute approximate surface area is 68.2 Å². The Kier molecular flexibility index (Phi) is 2.03. The largest absolute Gasteiger partial charge is 0.384 e. The molecule has 0 aromatic heterocycles. The molecule has 2 unspecified atom stereocenters. The van der Waals surface area contributed by atoms with Gasteiger partial charge in [-0.05, 0) is 32.3 Å². The molecule has 0 aromatic carbocycles. The lowest BCUT2D eigenvalue weighted by atomic mass is 9.89. The maximum Gasteiger partial charge on any atom is 0.121 e. The van der Waals surface area contributed by atoms with Gasteiger partial charge < -0.3 is 5.73 Å². The monoisotopic (exact) mass is 152 g/mol. The van der Waals surface area contributed by atoms with Gasteiger partial charge in [-0.1, -0.05) is 12.5 Å². The molecule has 0 aromatic rings. The fourth-order valence-electron chi connectivity index (χ4n) is 1.33. The van der Waals surface area contributed by atoms with Crippen LogP contribution >= 0.6 is 0 Å². The van der Waals surface area contributed by atoms with Crippen LogP contribution in [0.15, 0.2) is 16.1 Å². The molecule has 2 heteroatoms. The van der Waals surface area contributed by atoms with Crippen molar-refractivity contribution in [1.82, 2.24) is 0 Å². The second kappa shape index (κ2) is 2.68. The van der Waals surface area contributed by atoms with Crippen molar-refractivity contribution in [2.24, 2.45) is 16.6 Å².